The average molecular weight is 286 g/mol. The molecule has 0 fully saturated rings. The van der Waals surface area contributed by atoms with Crippen LogP contribution in [0.3, 0.4) is 0 Å². The summed E-state index contributed by atoms with van der Waals surface area (Å²) in [6, 6.07) is 10.5. The molecule has 6 heteroatoms. The van der Waals surface area contributed by atoms with Gasteiger partial charge in [-0.25, -0.2) is 14.2 Å². The van der Waals surface area contributed by atoms with Gasteiger partial charge in [0.15, 0.2) is 0 Å². The summed E-state index contributed by atoms with van der Waals surface area (Å²) >= 11 is 0. The molecule has 0 unspecified atom stereocenters. The molecule has 1 N–H and O–H groups in total. The van der Waals surface area contributed by atoms with Gasteiger partial charge >= 0.3 is 5.97 Å². The number of carbonyl (C=O) groups is 1. The zero-order valence-electron chi connectivity index (χ0n) is 10.9. The van der Waals surface area contributed by atoms with Gasteiger partial charge in [0, 0.05) is 6.20 Å². The van der Waals surface area contributed by atoms with Crippen molar-refractivity contribution in [3.63, 3.8) is 0 Å². The predicted octanol–water partition coefficient (Wildman–Crippen LogP) is 2.75. The van der Waals surface area contributed by atoms with Crippen LogP contribution in [0.5, 0.6) is 5.75 Å². The van der Waals surface area contributed by atoms with Crippen molar-refractivity contribution in [3.8, 4) is 5.75 Å². The van der Waals surface area contributed by atoms with Crippen molar-refractivity contribution in [2.24, 2.45) is 0 Å². The first-order valence-electron chi connectivity index (χ1n) is 6.22. The van der Waals surface area contributed by atoms with Crippen molar-refractivity contribution in [3.05, 3.63) is 65.9 Å². The number of pyridine rings is 1. The Morgan fingerprint density at radius 2 is 2.00 bits per heavy atom. The Labute approximate surface area is 119 Å². The van der Waals surface area contributed by atoms with Crippen LogP contribution in [-0.2, 0) is 6.61 Å². The SMILES string of the molecule is O=C(O)c1cccc2nc(COc3ccc(F)cc3)cn12. The maximum absolute atomic E-state index is 12.8. The van der Waals surface area contributed by atoms with E-state index in [2.05, 4.69) is 4.98 Å². The van der Waals surface area contributed by atoms with E-state index < -0.39 is 5.97 Å². The molecule has 2 heterocycles. The second kappa shape index (κ2) is 5.24. The highest BCUT2D eigenvalue weighted by Crippen LogP contribution is 2.14. The van der Waals surface area contributed by atoms with Gasteiger partial charge in [-0.1, -0.05) is 6.07 Å². The van der Waals surface area contributed by atoms with E-state index in [1.807, 2.05) is 0 Å². The minimum absolute atomic E-state index is 0.132. The highest BCUT2D eigenvalue weighted by atomic mass is 19.1. The predicted molar refractivity (Wildman–Crippen MR) is 72.9 cm³/mol. The summed E-state index contributed by atoms with van der Waals surface area (Å²) in [5.74, 6) is -0.836. The number of carboxylic acid groups (broad SMARTS) is 1. The van der Waals surface area contributed by atoms with Crippen LogP contribution in [0.4, 0.5) is 4.39 Å². The molecule has 0 aliphatic heterocycles. The molecule has 1 aromatic carbocycles. The van der Waals surface area contributed by atoms with Crippen LogP contribution in [0.1, 0.15) is 16.2 Å². The molecule has 3 rings (SSSR count). The molecule has 3 aromatic rings. The maximum atomic E-state index is 12.8. The van der Waals surface area contributed by atoms with E-state index in [1.54, 1.807) is 18.3 Å². The second-order valence-electron chi connectivity index (χ2n) is 4.42. The van der Waals surface area contributed by atoms with Crippen LogP contribution in [0.15, 0.2) is 48.7 Å². The number of fused-ring (bicyclic) bond motifs is 1. The molecule has 0 aliphatic rings. The lowest BCUT2D eigenvalue weighted by Crippen LogP contribution is -2.03. The summed E-state index contributed by atoms with van der Waals surface area (Å²) in [6.45, 7) is 0.173. The first kappa shape index (κ1) is 13.1. The molecule has 0 radical (unpaired) electrons. The fourth-order valence-corrected chi connectivity index (χ4v) is 1.99. The van der Waals surface area contributed by atoms with Gasteiger partial charge in [-0.05, 0) is 36.4 Å². The minimum Gasteiger partial charge on any atom is -0.487 e. The molecule has 0 aliphatic carbocycles. The third kappa shape index (κ3) is 2.69. The first-order chi connectivity index (χ1) is 10.1. The Bertz CT molecular complexity index is 796. The van der Waals surface area contributed by atoms with E-state index in [1.165, 1.54) is 34.7 Å². The summed E-state index contributed by atoms with van der Waals surface area (Å²) in [7, 11) is 0. The Morgan fingerprint density at radius 1 is 1.24 bits per heavy atom. The largest absolute Gasteiger partial charge is 0.487 e. The topological polar surface area (TPSA) is 63.8 Å². The number of aromatic carboxylic acids is 1. The van der Waals surface area contributed by atoms with Crippen molar-refractivity contribution in [1.82, 2.24) is 9.38 Å². The van der Waals surface area contributed by atoms with Crippen LogP contribution in [0, 0.1) is 5.82 Å². The van der Waals surface area contributed by atoms with Gasteiger partial charge in [-0.2, -0.15) is 0 Å². The van der Waals surface area contributed by atoms with E-state index in [0.29, 0.717) is 17.1 Å². The van der Waals surface area contributed by atoms with Gasteiger partial charge in [0.25, 0.3) is 0 Å². The lowest BCUT2D eigenvalue weighted by Gasteiger charge is -2.03. The molecule has 0 amide bonds. The normalized spacial score (nSPS) is 10.7. The molecule has 0 bridgehead atoms. The molecular formula is C15H11FN2O3. The Balaban J connectivity index is 1.83. The zero-order valence-corrected chi connectivity index (χ0v) is 10.9. The van der Waals surface area contributed by atoms with Gasteiger partial charge in [-0.15, -0.1) is 0 Å². The van der Waals surface area contributed by atoms with E-state index in [4.69, 9.17) is 9.84 Å². The van der Waals surface area contributed by atoms with E-state index in [-0.39, 0.29) is 18.1 Å². The highest BCUT2D eigenvalue weighted by molar-refractivity contribution is 5.86. The number of ether oxygens (including phenoxy) is 1. The molecule has 21 heavy (non-hydrogen) atoms. The molecule has 0 saturated carbocycles. The van der Waals surface area contributed by atoms with Gasteiger partial charge in [0.2, 0.25) is 0 Å². The number of halogens is 1. The second-order valence-corrected chi connectivity index (χ2v) is 4.42. The van der Waals surface area contributed by atoms with E-state index >= 15 is 0 Å². The van der Waals surface area contributed by atoms with Crippen LogP contribution < -0.4 is 4.74 Å². The van der Waals surface area contributed by atoms with Crippen LogP contribution in [-0.4, -0.2) is 20.5 Å². The summed E-state index contributed by atoms with van der Waals surface area (Å²) in [6.07, 6.45) is 1.61. The molecule has 5 nitrogen and oxygen atoms in total. The number of benzene rings is 1. The molecule has 106 valence electrons. The van der Waals surface area contributed by atoms with Crippen LogP contribution >= 0.6 is 0 Å². The fourth-order valence-electron chi connectivity index (χ4n) is 1.99. The lowest BCUT2D eigenvalue weighted by atomic mass is 10.3. The van der Waals surface area contributed by atoms with Gasteiger partial charge < -0.3 is 9.84 Å². The molecular weight excluding hydrogens is 275 g/mol. The van der Waals surface area contributed by atoms with Gasteiger partial charge in [-0.3, -0.25) is 4.40 Å². The molecule has 2 aromatic heterocycles. The van der Waals surface area contributed by atoms with Crippen molar-refractivity contribution < 1.29 is 19.0 Å². The first-order valence-corrected chi connectivity index (χ1v) is 6.22. The third-order valence-corrected chi connectivity index (χ3v) is 2.96. The van der Waals surface area contributed by atoms with Crippen molar-refractivity contribution in [1.29, 1.82) is 0 Å². The maximum Gasteiger partial charge on any atom is 0.352 e. The highest BCUT2D eigenvalue weighted by Gasteiger charge is 2.10. The van der Waals surface area contributed by atoms with Gasteiger partial charge in [0.05, 0.1) is 5.69 Å². The van der Waals surface area contributed by atoms with E-state index in [9.17, 15) is 9.18 Å². The van der Waals surface area contributed by atoms with Gasteiger partial charge in [0.1, 0.15) is 29.5 Å². The zero-order chi connectivity index (χ0) is 14.8. The lowest BCUT2D eigenvalue weighted by molar-refractivity contribution is 0.0689. The summed E-state index contributed by atoms with van der Waals surface area (Å²) in [5.41, 5.74) is 1.26. The van der Waals surface area contributed by atoms with Crippen LogP contribution in [0.2, 0.25) is 0 Å². The smallest absolute Gasteiger partial charge is 0.352 e. The summed E-state index contributed by atoms with van der Waals surface area (Å²) in [5, 5.41) is 9.11. The average Bonchev–Trinajstić information content (AvgIpc) is 2.89. The quantitative estimate of drug-likeness (QED) is 0.801. The number of aromatic nitrogens is 2. The monoisotopic (exact) mass is 286 g/mol. The standard InChI is InChI=1S/C15H11FN2O3/c16-10-4-6-12(7-5-10)21-9-11-8-18-13(15(19)20)2-1-3-14(18)17-11/h1-8H,9H2,(H,19,20). The number of imidazole rings is 1. The number of hydrogen-bond acceptors (Lipinski definition) is 3. The minimum atomic E-state index is -1.02. The molecule has 0 spiro atoms. The Hall–Kier alpha value is -2.89. The number of hydrogen-bond donors (Lipinski definition) is 1. The Kier molecular flexibility index (Phi) is 3.27. The van der Waals surface area contributed by atoms with Crippen molar-refractivity contribution >= 4 is 11.6 Å². The van der Waals surface area contributed by atoms with Crippen LogP contribution in [0.25, 0.3) is 5.65 Å². The van der Waals surface area contributed by atoms with Crippen molar-refractivity contribution in [2.75, 3.05) is 0 Å². The molecule has 0 saturated heterocycles. The summed E-state index contributed by atoms with van der Waals surface area (Å²) in [4.78, 5) is 15.4. The number of rotatable bonds is 4. The Morgan fingerprint density at radius 3 is 2.71 bits per heavy atom. The molecule has 0 atom stereocenters. The number of nitrogens with zero attached hydrogens (tertiary/aromatic N) is 2. The fraction of sp³-hybridized carbons (Fsp3) is 0.0667. The number of carboxylic acids is 1. The summed E-state index contributed by atoms with van der Waals surface area (Å²) < 4.78 is 19.8. The van der Waals surface area contributed by atoms with E-state index in [0.717, 1.165) is 0 Å². The van der Waals surface area contributed by atoms with Crippen molar-refractivity contribution in [2.45, 2.75) is 6.61 Å². The third-order valence-electron chi connectivity index (χ3n) is 2.96.